The maximum absolute atomic E-state index is 12.1. The Morgan fingerprint density at radius 3 is 1.94 bits per heavy atom. The summed E-state index contributed by atoms with van der Waals surface area (Å²) in [7, 11) is 0. The van der Waals surface area contributed by atoms with Crippen molar-refractivity contribution in [2.45, 2.75) is 58.2 Å². The number of hydrogen-bond donors (Lipinski definition) is 0. The van der Waals surface area contributed by atoms with Crippen LogP contribution in [0.5, 0.6) is 0 Å². The fraction of sp³-hybridized carbons (Fsp3) is 0.846. The predicted molar refractivity (Wildman–Crippen MR) is 67.1 cm³/mol. The SMILES string of the molecule is CC(=O)N1CC2CCC1CN2C(=O)OC(C)(C)C. The van der Waals surface area contributed by atoms with E-state index in [0.717, 1.165) is 12.8 Å². The van der Waals surface area contributed by atoms with Gasteiger partial charge in [0.1, 0.15) is 5.60 Å². The van der Waals surface area contributed by atoms with Gasteiger partial charge in [-0.3, -0.25) is 4.79 Å². The first-order chi connectivity index (χ1) is 8.28. The van der Waals surface area contributed by atoms with Crippen molar-refractivity contribution >= 4 is 12.0 Å². The minimum absolute atomic E-state index is 0.105. The Labute approximate surface area is 108 Å². The summed E-state index contributed by atoms with van der Waals surface area (Å²) in [5.41, 5.74) is -0.464. The van der Waals surface area contributed by atoms with Gasteiger partial charge in [-0.25, -0.2) is 4.79 Å². The third-order valence-electron chi connectivity index (χ3n) is 3.56. The summed E-state index contributed by atoms with van der Waals surface area (Å²) in [4.78, 5) is 27.2. The Balaban J connectivity index is 2.02. The van der Waals surface area contributed by atoms with E-state index in [4.69, 9.17) is 4.74 Å². The van der Waals surface area contributed by atoms with Crippen LogP contribution in [0.2, 0.25) is 0 Å². The van der Waals surface area contributed by atoms with E-state index in [1.54, 1.807) is 11.8 Å². The normalized spacial score (nSPS) is 27.3. The van der Waals surface area contributed by atoms with Gasteiger partial charge in [-0.05, 0) is 33.6 Å². The van der Waals surface area contributed by atoms with Gasteiger partial charge in [0.2, 0.25) is 5.91 Å². The molecule has 2 unspecified atom stereocenters. The number of hydrogen-bond acceptors (Lipinski definition) is 3. The topological polar surface area (TPSA) is 49.9 Å². The quantitative estimate of drug-likeness (QED) is 0.660. The fourth-order valence-corrected chi connectivity index (χ4v) is 2.76. The summed E-state index contributed by atoms with van der Waals surface area (Å²) < 4.78 is 5.41. The summed E-state index contributed by atoms with van der Waals surface area (Å²) in [5.74, 6) is 0.105. The van der Waals surface area contributed by atoms with Crippen LogP contribution in [0.15, 0.2) is 0 Å². The summed E-state index contributed by atoms with van der Waals surface area (Å²) >= 11 is 0. The summed E-state index contributed by atoms with van der Waals surface area (Å²) in [5, 5.41) is 0. The molecule has 0 aromatic rings. The van der Waals surface area contributed by atoms with Gasteiger partial charge in [0.05, 0.1) is 6.04 Å². The molecule has 3 saturated heterocycles. The molecule has 0 aromatic heterocycles. The Bertz CT molecular complexity index is 362. The van der Waals surface area contributed by atoms with Crippen molar-refractivity contribution in [1.82, 2.24) is 9.80 Å². The average molecular weight is 254 g/mol. The van der Waals surface area contributed by atoms with Crippen molar-refractivity contribution in [2.24, 2.45) is 0 Å². The second kappa shape index (κ2) is 4.44. The molecule has 5 heteroatoms. The van der Waals surface area contributed by atoms with Crippen molar-refractivity contribution in [3.05, 3.63) is 0 Å². The Hall–Kier alpha value is -1.26. The molecule has 3 rings (SSSR count). The molecule has 3 fully saturated rings. The average Bonchev–Trinajstić information content (AvgIpc) is 2.27. The second-order valence-electron chi connectivity index (χ2n) is 6.19. The first kappa shape index (κ1) is 13.2. The monoisotopic (exact) mass is 254 g/mol. The zero-order chi connectivity index (χ0) is 13.5. The highest BCUT2D eigenvalue weighted by Crippen LogP contribution is 2.30. The number of carbonyl (C=O) groups excluding carboxylic acids is 2. The highest BCUT2D eigenvalue weighted by Gasteiger charge is 2.43. The number of fused-ring (bicyclic) bond motifs is 3. The summed E-state index contributed by atoms with van der Waals surface area (Å²) in [6.07, 6.45) is 1.71. The van der Waals surface area contributed by atoms with Crippen molar-refractivity contribution in [2.75, 3.05) is 13.1 Å². The van der Waals surface area contributed by atoms with E-state index in [-0.39, 0.29) is 24.1 Å². The predicted octanol–water partition coefficient (Wildman–Crippen LogP) is 1.62. The number of piperazine rings is 1. The minimum atomic E-state index is -0.464. The largest absolute Gasteiger partial charge is 0.444 e. The smallest absolute Gasteiger partial charge is 0.410 e. The summed E-state index contributed by atoms with van der Waals surface area (Å²) in [6.45, 7) is 8.47. The van der Waals surface area contributed by atoms with E-state index in [0.29, 0.717) is 13.1 Å². The van der Waals surface area contributed by atoms with Crippen molar-refractivity contribution in [1.29, 1.82) is 0 Å². The molecule has 5 nitrogen and oxygen atoms in total. The highest BCUT2D eigenvalue weighted by atomic mass is 16.6. The Morgan fingerprint density at radius 2 is 1.56 bits per heavy atom. The third kappa shape index (κ3) is 2.60. The van der Waals surface area contributed by atoms with Crippen LogP contribution in [-0.2, 0) is 9.53 Å². The van der Waals surface area contributed by atoms with Crippen LogP contribution in [0.4, 0.5) is 4.79 Å². The molecule has 0 aliphatic carbocycles. The standard InChI is InChI=1S/C13H22N2O3/c1-9(16)14-7-11-6-5-10(14)8-15(11)12(17)18-13(2,3)4/h10-11H,5-8H2,1-4H3. The van der Waals surface area contributed by atoms with E-state index in [9.17, 15) is 9.59 Å². The van der Waals surface area contributed by atoms with Gasteiger partial charge in [-0.1, -0.05) is 0 Å². The van der Waals surface area contributed by atoms with Gasteiger partial charge >= 0.3 is 6.09 Å². The Morgan fingerprint density at radius 1 is 1.06 bits per heavy atom. The van der Waals surface area contributed by atoms with Crippen LogP contribution < -0.4 is 0 Å². The second-order valence-corrected chi connectivity index (χ2v) is 6.19. The van der Waals surface area contributed by atoms with Crippen molar-refractivity contribution < 1.29 is 14.3 Å². The number of rotatable bonds is 0. The van der Waals surface area contributed by atoms with Crippen molar-refractivity contribution in [3.8, 4) is 0 Å². The molecule has 18 heavy (non-hydrogen) atoms. The van der Waals surface area contributed by atoms with E-state index in [2.05, 4.69) is 0 Å². The molecule has 2 bridgehead atoms. The molecule has 2 amide bonds. The lowest BCUT2D eigenvalue weighted by Crippen LogP contribution is -2.65. The first-order valence-corrected chi connectivity index (χ1v) is 6.55. The van der Waals surface area contributed by atoms with Gasteiger partial charge in [-0.15, -0.1) is 0 Å². The van der Waals surface area contributed by atoms with Gasteiger partial charge < -0.3 is 14.5 Å². The number of carbonyl (C=O) groups is 2. The van der Waals surface area contributed by atoms with Crippen LogP contribution in [0.3, 0.4) is 0 Å². The molecule has 0 spiro atoms. The minimum Gasteiger partial charge on any atom is -0.444 e. The molecule has 3 aliphatic heterocycles. The third-order valence-corrected chi connectivity index (χ3v) is 3.56. The number of nitrogens with zero attached hydrogens (tertiary/aromatic N) is 2. The Kier molecular flexibility index (Phi) is 3.25. The molecule has 3 heterocycles. The van der Waals surface area contributed by atoms with Crippen molar-refractivity contribution in [3.63, 3.8) is 0 Å². The maximum atomic E-state index is 12.1. The molecular formula is C13H22N2O3. The van der Waals surface area contributed by atoms with Gasteiger partial charge in [0, 0.05) is 26.1 Å². The van der Waals surface area contributed by atoms with Crippen LogP contribution in [-0.4, -0.2) is 52.6 Å². The fourth-order valence-electron chi connectivity index (χ4n) is 2.76. The number of piperidine rings is 2. The van der Waals surface area contributed by atoms with Crippen LogP contribution in [0.25, 0.3) is 0 Å². The molecule has 2 atom stereocenters. The number of amides is 2. The highest BCUT2D eigenvalue weighted by molar-refractivity contribution is 5.75. The molecular weight excluding hydrogens is 232 g/mol. The summed E-state index contributed by atoms with van der Waals surface area (Å²) in [6, 6.07) is 0.286. The zero-order valence-electron chi connectivity index (χ0n) is 11.6. The molecule has 0 aromatic carbocycles. The van der Waals surface area contributed by atoms with Gasteiger partial charge in [0.25, 0.3) is 0 Å². The lowest BCUT2D eigenvalue weighted by Gasteiger charge is -2.50. The van der Waals surface area contributed by atoms with Gasteiger partial charge in [0.15, 0.2) is 0 Å². The van der Waals surface area contributed by atoms with E-state index >= 15 is 0 Å². The molecule has 0 saturated carbocycles. The van der Waals surface area contributed by atoms with E-state index in [1.165, 1.54) is 0 Å². The molecule has 0 N–H and O–H groups in total. The first-order valence-electron chi connectivity index (χ1n) is 6.55. The molecule has 0 radical (unpaired) electrons. The lowest BCUT2D eigenvalue weighted by molar-refractivity contribution is -0.139. The molecule has 3 aliphatic rings. The van der Waals surface area contributed by atoms with Gasteiger partial charge in [-0.2, -0.15) is 0 Å². The zero-order valence-corrected chi connectivity index (χ0v) is 11.6. The van der Waals surface area contributed by atoms with Crippen LogP contribution in [0, 0.1) is 0 Å². The van der Waals surface area contributed by atoms with Crippen LogP contribution in [0.1, 0.15) is 40.5 Å². The van der Waals surface area contributed by atoms with E-state index < -0.39 is 5.60 Å². The number of ether oxygens (including phenoxy) is 1. The molecule has 102 valence electrons. The lowest BCUT2D eigenvalue weighted by atomic mass is 9.91. The maximum Gasteiger partial charge on any atom is 0.410 e. The van der Waals surface area contributed by atoms with E-state index in [1.807, 2.05) is 25.7 Å². The van der Waals surface area contributed by atoms with Crippen LogP contribution >= 0.6 is 0 Å².